The number of rotatable bonds is 4. The first kappa shape index (κ1) is 13.6. The minimum Gasteiger partial charge on any atom is -0.381 e. The second-order valence-electron chi connectivity index (χ2n) is 3.29. The normalized spacial score (nSPS) is 11.9. The Morgan fingerprint density at radius 3 is 2.65 bits per heavy atom. The molecule has 17 heavy (non-hydrogen) atoms. The molecule has 1 aromatic rings. The van der Waals surface area contributed by atoms with Crippen LogP contribution in [0, 0.1) is 5.82 Å². The van der Waals surface area contributed by atoms with Crippen LogP contribution in [0.2, 0.25) is 0 Å². The largest absolute Gasteiger partial charge is 0.381 e. The summed E-state index contributed by atoms with van der Waals surface area (Å²) in [6.45, 7) is -0.317. The average Bonchev–Trinajstić information content (AvgIpc) is 2.23. The molecule has 0 saturated heterocycles. The summed E-state index contributed by atoms with van der Waals surface area (Å²) in [5, 5.41) is 11.3. The molecule has 0 aliphatic rings. The van der Waals surface area contributed by atoms with E-state index in [1.165, 1.54) is 12.1 Å². The third kappa shape index (κ3) is 4.12. The third-order valence-corrected chi connectivity index (χ3v) is 2.37. The van der Waals surface area contributed by atoms with E-state index >= 15 is 0 Å². The van der Waals surface area contributed by atoms with Gasteiger partial charge in [-0.2, -0.15) is 0 Å². The minimum absolute atomic E-state index is 0.0774. The maximum Gasteiger partial charge on any atom is 0.251 e. The summed E-state index contributed by atoms with van der Waals surface area (Å²) in [6, 6.07) is 3.65. The lowest BCUT2D eigenvalue weighted by atomic mass is 10.2. The molecule has 4 N–H and O–H groups in total. The second-order valence-corrected chi connectivity index (χ2v) is 4.20. The van der Waals surface area contributed by atoms with Gasteiger partial charge in [0.2, 0.25) is 5.91 Å². The first-order chi connectivity index (χ1) is 7.90. The summed E-state index contributed by atoms with van der Waals surface area (Å²) >= 11 is 3.04. The van der Waals surface area contributed by atoms with Gasteiger partial charge in [0.25, 0.3) is 5.91 Å². The van der Waals surface area contributed by atoms with E-state index in [1.54, 1.807) is 0 Å². The molecule has 0 heterocycles. The number of aliphatic hydroxyl groups excluding tert-OH is 1. The molecule has 0 aromatic heterocycles. The lowest BCUT2D eigenvalue weighted by Crippen LogP contribution is -2.40. The molecule has 92 valence electrons. The van der Waals surface area contributed by atoms with Crippen LogP contribution in [0.5, 0.6) is 0 Å². The van der Waals surface area contributed by atoms with Gasteiger partial charge in [-0.15, -0.1) is 0 Å². The lowest BCUT2D eigenvalue weighted by molar-refractivity contribution is -0.125. The van der Waals surface area contributed by atoms with Gasteiger partial charge < -0.3 is 16.2 Å². The maximum absolute atomic E-state index is 13.0. The van der Waals surface area contributed by atoms with Crippen molar-refractivity contribution in [3.05, 3.63) is 34.1 Å². The van der Waals surface area contributed by atoms with E-state index in [9.17, 15) is 14.0 Å². The van der Waals surface area contributed by atoms with Crippen molar-refractivity contribution in [2.75, 3.05) is 6.54 Å². The number of hydrogen-bond acceptors (Lipinski definition) is 3. The van der Waals surface area contributed by atoms with Crippen LogP contribution in [0.4, 0.5) is 4.39 Å². The van der Waals surface area contributed by atoms with Crippen molar-refractivity contribution in [2.24, 2.45) is 5.73 Å². The third-order valence-electron chi connectivity index (χ3n) is 1.91. The first-order valence-electron chi connectivity index (χ1n) is 4.62. The maximum atomic E-state index is 13.0. The number of halogens is 2. The molecule has 0 bridgehead atoms. The van der Waals surface area contributed by atoms with Gasteiger partial charge in [-0.1, -0.05) is 15.9 Å². The molecule has 7 heteroatoms. The van der Waals surface area contributed by atoms with E-state index in [0.717, 1.165) is 6.07 Å². The standard InChI is InChI=1S/C10H10BrFN2O3/c11-6-1-5(2-7(12)3-6)10(17)14-4-8(15)9(13)16/h1-3,8,15H,4H2,(H2,13,16)(H,14,17). The van der Waals surface area contributed by atoms with Crippen molar-refractivity contribution in [1.82, 2.24) is 5.32 Å². The van der Waals surface area contributed by atoms with Gasteiger partial charge in [-0.05, 0) is 18.2 Å². The summed E-state index contributed by atoms with van der Waals surface area (Å²) in [6.07, 6.45) is -1.46. The zero-order valence-electron chi connectivity index (χ0n) is 8.61. The number of hydrogen-bond donors (Lipinski definition) is 3. The summed E-state index contributed by atoms with van der Waals surface area (Å²) in [4.78, 5) is 22.0. The SMILES string of the molecule is NC(=O)C(O)CNC(=O)c1cc(F)cc(Br)c1. The molecule has 0 saturated carbocycles. The number of benzene rings is 1. The molecular weight excluding hydrogens is 295 g/mol. The van der Waals surface area contributed by atoms with Crippen molar-refractivity contribution >= 4 is 27.7 Å². The van der Waals surface area contributed by atoms with Gasteiger partial charge in [0.15, 0.2) is 0 Å². The van der Waals surface area contributed by atoms with E-state index in [0.29, 0.717) is 4.47 Å². The van der Waals surface area contributed by atoms with Gasteiger partial charge in [-0.25, -0.2) is 4.39 Å². The summed E-state index contributed by atoms with van der Waals surface area (Å²) < 4.78 is 13.4. The zero-order chi connectivity index (χ0) is 13.0. The molecule has 1 unspecified atom stereocenters. The minimum atomic E-state index is -1.46. The van der Waals surface area contributed by atoms with Gasteiger partial charge in [0, 0.05) is 10.0 Å². The molecule has 0 aliphatic heterocycles. The van der Waals surface area contributed by atoms with Gasteiger partial charge >= 0.3 is 0 Å². The molecule has 2 amide bonds. The van der Waals surface area contributed by atoms with E-state index in [1.807, 2.05) is 0 Å². The van der Waals surface area contributed by atoms with Gasteiger partial charge in [0.1, 0.15) is 11.9 Å². The Labute approximate surface area is 105 Å². The van der Waals surface area contributed by atoms with E-state index in [-0.39, 0.29) is 12.1 Å². The van der Waals surface area contributed by atoms with Crippen molar-refractivity contribution < 1.29 is 19.1 Å². The smallest absolute Gasteiger partial charge is 0.251 e. The number of carbonyl (C=O) groups excluding carboxylic acids is 2. The van der Waals surface area contributed by atoms with Crippen LogP contribution in [0.15, 0.2) is 22.7 Å². The summed E-state index contributed by atoms with van der Waals surface area (Å²) in [5.41, 5.74) is 4.88. The molecule has 0 fully saturated rings. The fourth-order valence-corrected chi connectivity index (χ4v) is 1.54. The zero-order valence-corrected chi connectivity index (χ0v) is 10.2. The van der Waals surface area contributed by atoms with Crippen molar-refractivity contribution in [3.8, 4) is 0 Å². The molecule has 0 spiro atoms. The highest BCUT2D eigenvalue weighted by molar-refractivity contribution is 9.10. The van der Waals surface area contributed by atoms with Crippen LogP contribution in [0.1, 0.15) is 10.4 Å². The predicted molar refractivity (Wildman–Crippen MR) is 61.6 cm³/mol. The highest BCUT2D eigenvalue weighted by Crippen LogP contribution is 2.14. The van der Waals surface area contributed by atoms with Crippen molar-refractivity contribution in [1.29, 1.82) is 0 Å². The van der Waals surface area contributed by atoms with Crippen LogP contribution in [0.3, 0.4) is 0 Å². The lowest BCUT2D eigenvalue weighted by Gasteiger charge is -2.08. The number of nitrogens with one attached hydrogen (secondary N) is 1. The summed E-state index contributed by atoms with van der Waals surface area (Å²) in [7, 11) is 0. The molecule has 1 atom stereocenters. The number of primary amides is 1. The van der Waals surface area contributed by atoms with Gasteiger partial charge in [0.05, 0.1) is 6.54 Å². The van der Waals surface area contributed by atoms with Crippen LogP contribution in [-0.4, -0.2) is 29.6 Å². The Bertz CT molecular complexity index is 433. The fourth-order valence-electron chi connectivity index (χ4n) is 1.08. The van der Waals surface area contributed by atoms with Crippen LogP contribution < -0.4 is 11.1 Å². The molecule has 0 aliphatic carbocycles. The quantitative estimate of drug-likeness (QED) is 0.740. The first-order valence-corrected chi connectivity index (χ1v) is 5.41. The number of carbonyl (C=O) groups is 2. The Morgan fingerprint density at radius 1 is 1.47 bits per heavy atom. The summed E-state index contributed by atoms with van der Waals surface area (Å²) in [5.74, 6) is -2.11. The Balaban J connectivity index is 2.67. The second kappa shape index (κ2) is 5.74. The Kier molecular flexibility index (Phi) is 4.59. The van der Waals surface area contributed by atoms with E-state index in [2.05, 4.69) is 21.2 Å². The number of aliphatic hydroxyl groups is 1. The molecule has 5 nitrogen and oxygen atoms in total. The number of amides is 2. The highest BCUT2D eigenvalue weighted by Gasteiger charge is 2.13. The Hall–Kier alpha value is -1.47. The molecule has 1 aromatic carbocycles. The molecule has 0 radical (unpaired) electrons. The monoisotopic (exact) mass is 304 g/mol. The topological polar surface area (TPSA) is 92.4 Å². The molecular formula is C10H10BrFN2O3. The van der Waals surface area contributed by atoms with Crippen LogP contribution >= 0.6 is 15.9 Å². The van der Waals surface area contributed by atoms with Crippen molar-refractivity contribution in [2.45, 2.75) is 6.10 Å². The van der Waals surface area contributed by atoms with E-state index in [4.69, 9.17) is 10.8 Å². The van der Waals surface area contributed by atoms with Crippen LogP contribution in [-0.2, 0) is 4.79 Å². The van der Waals surface area contributed by atoms with Crippen LogP contribution in [0.25, 0.3) is 0 Å². The Morgan fingerprint density at radius 2 is 2.12 bits per heavy atom. The molecule has 1 rings (SSSR count). The highest BCUT2D eigenvalue weighted by atomic mass is 79.9. The van der Waals surface area contributed by atoms with E-state index < -0.39 is 23.7 Å². The average molecular weight is 305 g/mol. The van der Waals surface area contributed by atoms with Gasteiger partial charge in [-0.3, -0.25) is 9.59 Å². The fraction of sp³-hybridized carbons (Fsp3) is 0.200. The van der Waals surface area contributed by atoms with Crippen molar-refractivity contribution in [3.63, 3.8) is 0 Å². The predicted octanol–water partition coefficient (Wildman–Crippen LogP) is 0.164. The number of nitrogens with two attached hydrogens (primary N) is 1.